The molecule has 94 valence electrons. The number of aromatic nitrogens is 1. The third kappa shape index (κ3) is 2.65. The molecular formula is C14H15FN2O. The molecule has 0 bridgehead atoms. The van der Waals surface area contributed by atoms with Gasteiger partial charge in [-0.1, -0.05) is 12.1 Å². The highest BCUT2D eigenvalue weighted by Crippen LogP contribution is 2.25. The molecule has 18 heavy (non-hydrogen) atoms. The Hall–Kier alpha value is -1.94. The van der Waals surface area contributed by atoms with E-state index >= 15 is 0 Å². The topological polar surface area (TPSA) is 48.1 Å². The highest BCUT2D eigenvalue weighted by atomic mass is 19.1. The van der Waals surface area contributed by atoms with Crippen LogP contribution in [0.4, 0.5) is 4.39 Å². The normalized spacial score (nSPS) is 10.4. The van der Waals surface area contributed by atoms with E-state index in [9.17, 15) is 4.39 Å². The summed E-state index contributed by atoms with van der Waals surface area (Å²) in [6.45, 7) is 2.78. The second-order valence-corrected chi connectivity index (χ2v) is 3.86. The molecule has 1 aromatic carbocycles. The summed E-state index contributed by atoms with van der Waals surface area (Å²) in [7, 11) is 0. The second kappa shape index (κ2) is 5.60. The minimum Gasteiger partial charge on any atom is -0.492 e. The third-order valence-corrected chi connectivity index (χ3v) is 2.60. The minimum atomic E-state index is -0.298. The largest absolute Gasteiger partial charge is 0.492 e. The Morgan fingerprint density at radius 2 is 2.11 bits per heavy atom. The van der Waals surface area contributed by atoms with Crippen molar-refractivity contribution in [2.24, 2.45) is 5.73 Å². The summed E-state index contributed by atoms with van der Waals surface area (Å²) < 4.78 is 19.3. The molecule has 2 aromatic rings. The first-order valence-corrected chi connectivity index (χ1v) is 5.81. The first-order valence-electron chi connectivity index (χ1n) is 5.81. The van der Waals surface area contributed by atoms with Gasteiger partial charge in [0.25, 0.3) is 0 Å². The first kappa shape index (κ1) is 12.5. The molecule has 0 fully saturated rings. The van der Waals surface area contributed by atoms with E-state index in [0.29, 0.717) is 30.0 Å². The summed E-state index contributed by atoms with van der Waals surface area (Å²) in [5.41, 5.74) is 7.44. The zero-order valence-electron chi connectivity index (χ0n) is 10.2. The molecule has 0 saturated heterocycles. The minimum absolute atomic E-state index is 0.298. The van der Waals surface area contributed by atoms with Crippen LogP contribution in [0.1, 0.15) is 12.5 Å². The number of pyridine rings is 1. The van der Waals surface area contributed by atoms with Gasteiger partial charge in [-0.05, 0) is 24.6 Å². The van der Waals surface area contributed by atoms with Crippen LogP contribution in [0.3, 0.4) is 0 Å². The maximum atomic E-state index is 13.9. The molecule has 4 heteroatoms. The predicted octanol–water partition coefficient (Wildman–Crippen LogP) is 2.75. The van der Waals surface area contributed by atoms with Crippen LogP contribution in [0.2, 0.25) is 0 Å². The van der Waals surface area contributed by atoms with Crippen molar-refractivity contribution in [1.29, 1.82) is 0 Å². The predicted molar refractivity (Wildman–Crippen MR) is 68.7 cm³/mol. The van der Waals surface area contributed by atoms with Gasteiger partial charge in [-0.15, -0.1) is 0 Å². The number of ether oxygens (including phenoxy) is 1. The SMILES string of the molecule is CCOc1cncc(-c2ccc(CN)cc2F)c1. The molecule has 0 aliphatic carbocycles. The van der Waals surface area contributed by atoms with Crippen molar-refractivity contribution in [1.82, 2.24) is 4.98 Å². The number of rotatable bonds is 4. The van der Waals surface area contributed by atoms with Gasteiger partial charge in [0.05, 0.1) is 12.8 Å². The van der Waals surface area contributed by atoms with Gasteiger partial charge in [0.1, 0.15) is 11.6 Å². The van der Waals surface area contributed by atoms with Gasteiger partial charge in [0.2, 0.25) is 0 Å². The lowest BCUT2D eigenvalue weighted by molar-refractivity contribution is 0.339. The molecule has 0 atom stereocenters. The van der Waals surface area contributed by atoms with Gasteiger partial charge in [-0.25, -0.2) is 4.39 Å². The smallest absolute Gasteiger partial charge is 0.138 e. The molecule has 0 aliphatic heterocycles. The van der Waals surface area contributed by atoms with Gasteiger partial charge in [0.15, 0.2) is 0 Å². The van der Waals surface area contributed by atoms with Crippen molar-refractivity contribution in [2.45, 2.75) is 13.5 Å². The third-order valence-electron chi connectivity index (χ3n) is 2.60. The number of nitrogens with two attached hydrogens (primary N) is 1. The Kier molecular flexibility index (Phi) is 3.89. The van der Waals surface area contributed by atoms with E-state index in [-0.39, 0.29) is 5.82 Å². The highest BCUT2D eigenvalue weighted by Gasteiger charge is 2.07. The fourth-order valence-corrected chi connectivity index (χ4v) is 1.73. The quantitative estimate of drug-likeness (QED) is 0.902. The van der Waals surface area contributed by atoms with Crippen molar-refractivity contribution in [3.05, 3.63) is 48.0 Å². The average molecular weight is 246 g/mol. The molecule has 0 amide bonds. The maximum Gasteiger partial charge on any atom is 0.138 e. The van der Waals surface area contributed by atoms with Gasteiger partial charge >= 0.3 is 0 Å². The molecule has 2 rings (SSSR count). The van der Waals surface area contributed by atoms with E-state index in [0.717, 1.165) is 5.56 Å². The van der Waals surface area contributed by atoms with E-state index in [4.69, 9.17) is 10.5 Å². The highest BCUT2D eigenvalue weighted by molar-refractivity contribution is 5.64. The lowest BCUT2D eigenvalue weighted by atomic mass is 10.0. The Balaban J connectivity index is 2.38. The summed E-state index contributed by atoms with van der Waals surface area (Å²) in [5, 5.41) is 0. The zero-order valence-corrected chi connectivity index (χ0v) is 10.2. The van der Waals surface area contributed by atoms with Crippen molar-refractivity contribution >= 4 is 0 Å². The van der Waals surface area contributed by atoms with Crippen LogP contribution < -0.4 is 10.5 Å². The van der Waals surface area contributed by atoms with Crippen LogP contribution in [0.15, 0.2) is 36.7 Å². The summed E-state index contributed by atoms with van der Waals surface area (Å²) in [5.74, 6) is 0.339. The molecule has 0 aliphatic rings. The number of halogens is 1. The Bertz CT molecular complexity index is 543. The van der Waals surface area contributed by atoms with Gasteiger partial charge in [-0.3, -0.25) is 4.98 Å². The lowest BCUT2D eigenvalue weighted by Crippen LogP contribution is -1.98. The zero-order chi connectivity index (χ0) is 13.0. The standard InChI is InChI=1S/C14H15FN2O/c1-2-18-12-6-11(8-17-9-12)13-4-3-10(7-16)5-14(13)15/h3-6,8-9H,2,7,16H2,1H3. The monoisotopic (exact) mass is 246 g/mol. The molecule has 3 nitrogen and oxygen atoms in total. The molecule has 1 aromatic heterocycles. The summed E-state index contributed by atoms with van der Waals surface area (Å²) >= 11 is 0. The molecule has 0 unspecified atom stereocenters. The average Bonchev–Trinajstić information content (AvgIpc) is 2.39. The van der Waals surface area contributed by atoms with E-state index in [1.807, 2.05) is 13.0 Å². The van der Waals surface area contributed by atoms with E-state index in [1.54, 1.807) is 24.5 Å². The molecule has 0 spiro atoms. The molecule has 0 radical (unpaired) electrons. The summed E-state index contributed by atoms with van der Waals surface area (Å²) in [6, 6.07) is 6.75. The summed E-state index contributed by atoms with van der Waals surface area (Å²) in [4.78, 5) is 4.05. The van der Waals surface area contributed by atoms with Crippen LogP contribution in [0.25, 0.3) is 11.1 Å². The van der Waals surface area contributed by atoms with Crippen molar-refractivity contribution in [3.63, 3.8) is 0 Å². The number of hydrogen-bond donors (Lipinski definition) is 1. The van der Waals surface area contributed by atoms with Crippen molar-refractivity contribution in [2.75, 3.05) is 6.61 Å². The van der Waals surface area contributed by atoms with E-state index in [2.05, 4.69) is 4.98 Å². The number of hydrogen-bond acceptors (Lipinski definition) is 3. The van der Waals surface area contributed by atoms with Gasteiger partial charge in [0, 0.05) is 23.9 Å². The fraction of sp³-hybridized carbons (Fsp3) is 0.214. The van der Waals surface area contributed by atoms with Crippen LogP contribution in [0.5, 0.6) is 5.75 Å². The molecular weight excluding hydrogens is 231 g/mol. The van der Waals surface area contributed by atoms with Crippen LogP contribution in [0, 0.1) is 5.82 Å². The maximum absolute atomic E-state index is 13.9. The fourth-order valence-electron chi connectivity index (χ4n) is 1.73. The van der Waals surface area contributed by atoms with Crippen molar-refractivity contribution in [3.8, 4) is 16.9 Å². The van der Waals surface area contributed by atoms with Crippen LogP contribution in [-0.4, -0.2) is 11.6 Å². The molecule has 0 saturated carbocycles. The van der Waals surface area contributed by atoms with E-state index in [1.165, 1.54) is 6.07 Å². The van der Waals surface area contributed by atoms with Crippen LogP contribution in [-0.2, 0) is 6.54 Å². The Morgan fingerprint density at radius 1 is 1.28 bits per heavy atom. The molecule has 2 N–H and O–H groups in total. The Labute approximate surface area is 105 Å². The van der Waals surface area contributed by atoms with Gasteiger partial charge < -0.3 is 10.5 Å². The lowest BCUT2D eigenvalue weighted by Gasteiger charge is -2.07. The number of benzene rings is 1. The summed E-state index contributed by atoms with van der Waals surface area (Å²) in [6.07, 6.45) is 3.22. The van der Waals surface area contributed by atoms with E-state index < -0.39 is 0 Å². The Morgan fingerprint density at radius 3 is 2.78 bits per heavy atom. The van der Waals surface area contributed by atoms with Gasteiger partial charge in [-0.2, -0.15) is 0 Å². The van der Waals surface area contributed by atoms with Crippen LogP contribution >= 0.6 is 0 Å². The van der Waals surface area contributed by atoms with Crippen molar-refractivity contribution < 1.29 is 9.13 Å². The first-order chi connectivity index (χ1) is 8.74. The molecule has 1 heterocycles. The second-order valence-electron chi connectivity index (χ2n) is 3.86. The number of nitrogens with zero attached hydrogens (tertiary/aromatic N) is 1.